The van der Waals surface area contributed by atoms with Crippen LogP contribution in [0.3, 0.4) is 0 Å². The van der Waals surface area contributed by atoms with Crippen LogP contribution in [0.1, 0.15) is 30.5 Å². The SMILES string of the molecule is COc1ncc(C)c(-c2ccc3c(c2)[nH]c(=O)c2cnn([C@H]4CCOC[C@H]4C)c23)c1C. The molecule has 1 aliphatic heterocycles. The number of ether oxygens (including phenoxy) is 2. The number of hydrogen-bond acceptors (Lipinski definition) is 5. The lowest BCUT2D eigenvalue weighted by atomic mass is 9.95. The predicted molar refractivity (Wildman–Crippen MR) is 121 cm³/mol. The number of nitrogens with one attached hydrogen (secondary N) is 1. The normalized spacial score (nSPS) is 19.2. The molecule has 7 nitrogen and oxygen atoms in total. The maximum absolute atomic E-state index is 12.9. The van der Waals surface area contributed by atoms with E-state index >= 15 is 0 Å². The molecule has 2 atom stereocenters. The summed E-state index contributed by atoms with van der Waals surface area (Å²) < 4.78 is 13.1. The first-order chi connectivity index (χ1) is 15.0. The zero-order valence-electron chi connectivity index (χ0n) is 18.2. The molecule has 0 amide bonds. The Balaban J connectivity index is 1.74. The summed E-state index contributed by atoms with van der Waals surface area (Å²) in [6.45, 7) is 7.63. The molecule has 1 fully saturated rings. The molecule has 31 heavy (non-hydrogen) atoms. The van der Waals surface area contributed by atoms with E-state index in [9.17, 15) is 4.79 Å². The maximum atomic E-state index is 12.9. The van der Waals surface area contributed by atoms with E-state index in [0.717, 1.165) is 45.1 Å². The second-order valence-electron chi connectivity index (χ2n) is 8.42. The minimum atomic E-state index is -0.119. The number of benzene rings is 1. The molecule has 1 N–H and O–H groups in total. The Morgan fingerprint density at radius 1 is 1.23 bits per heavy atom. The predicted octanol–water partition coefficient (Wildman–Crippen LogP) is 4.16. The van der Waals surface area contributed by atoms with Gasteiger partial charge in [-0.15, -0.1) is 0 Å². The summed E-state index contributed by atoms with van der Waals surface area (Å²) in [6, 6.07) is 6.43. The first-order valence-electron chi connectivity index (χ1n) is 10.6. The third-order valence-electron chi connectivity index (χ3n) is 6.42. The minimum absolute atomic E-state index is 0.119. The minimum Gasteiger partial charge on any atom is -0.481 e. The van der Waals surface area contributed by atoms with Crippen LogP contribution in [0, 0.1) is 19.8 Å². The monoisotopic (exact) mass is 418 g/mol. The molecular weight excluding hydrogens is 392 g/mol. The summed E-state index contributed by atoms with van der Waals surface area (Å²) in [6.07, 6.45) is 4.39. The van der Waals surface area contributed by atoms with Crippen molar-refractivity contribution in [2.45, 2.75) is 33.2 Å². The zero-order valence-corrected chi connectivity index (χ0v) is 18.2. The van der Waals surface area contributed by atoms with E-state index in [-0.39, 0.29) is 11.6 Å². The fourth-order valence-corrected chi connectivity index (χ4v) is 4.85. The number of methoxy groups -OCH3 is 1. The Bertz CT molecular complexity index is 1350. The second-order valence-corrected chi connectivity index (χ2v) is 8.42. The number of nitrogens with zero attached hydrogens (tertiary/aromatic N) is 3. The van der Waals surface area contributed by atoms with Crippen LogP contribution in [-0.4, -0.2) is 40.1 Å². The Kier molecular flexibility index (Phi) is 4.78. The smallest absolute Gasteiger partial charge is 0.259 e. The van der Waals surface area contributed by atoms with Gasteiger partial charge in [-0.1, -0.05) is 19.1 Å². The molecule has 1 aliphatic rings. The van der Waals surface area contributed by atoms with Crippen molar-refractivity contribution in [1.82, 2.24) is 19.7 Å². The van der Waals surface area contributed by atoms with Gasteiger partial charge in [-0.25, -0.2) is 4.98 Å². The van der Waals surface area contributed by atoms with Crippen LogP contribution in [0.2, 0.25) is 0 Å². The van der Waals surface area contributed by atoms with Crippen LogP contribution in [0.5, 0.6) is 5.88 Å². The van der Waals surface area contributed by atoms with Crippen LogP contribution >= 0.6 is 0 Å². The second kappa shape index (κ2) is 7.50. The zero-order chi connectivity index (χ0) is 21.7. The van der Waals surface area contributed by atoms with Crippen molar-refractivity contribution < 1.29 is 9.47 Å². The Morgan fingerprint density at radius 3 is 2.84 bits per heavy atom. The maximum Gasteiger partial charge on any atom is 0.259 e. The van der Waals surface area contributed by atoms with E-state index in [0.29, 0.717) is 30.4 Å². The fraction of sp³-hybridized carbons (Fsp3) is 0.375. The molecule has 160 valence electrons. The van der Waals surface area contributed by atoms with E-state index in [1.165, 1.54) is 0 Å². The summed E-state index contributed by atoms with van der Waals surface area (Å²) in [5, 5.41) is 6.24. The van der Waals surface area contributed by atoms with Crippen LogP contribution in [0.15, 0.2) is 35.4 Å². The average molecular weight is 418 g/mol. The number of hydrogen-bond donors (Lipinski definition) is 1. The molecule has 1 saturated heterocycles. The molecular formula is C24H26N4O3. The summed E-state index contributed by atoms with van der Waals surface area (Å²) in [5.74, 6) is 0.941. The van der Waals surface area contributed by atoms with E-state index < -0.39 is 0 Å². The van der Waals surface area contributed by atoms with Crippen molar-refractivity contribution >= 4 is 21.8 Å². The first-order valence-corrected chi connectivity index (χ1v) is 10.6. The lowest BCUT2D eigenvalue weighted by molar-refractivity contribution is 0.0264. The number of aromatic nitrogens is 4. The van der Waals surface area contributed by atoms with Gasteiger partial charge in [0, 0.05) is 29.7 Å². The molecule has 0 radical (unpaired) electrons. The number of aryl methyl sites for hydroxylation is 1. The van der Waals surface area contributed by atoms with Gasteiger partial charge in [-0.2, -0.15) is 5.10 Å². The van der Waals surface area contributed by atoms with Gasteiger partial charge in [0.05, 0.1) is 42.4 Å². The van der Waals surface area contributed by atoms with Crippen molar-refractivity contribution in [2.24, 2.45) is 5.92 Å². The standard InChI is InChI=1S/C24H26N4O3/c1-13-10-25-24(30-4)15(3)21(13)16-5-6-17-19(9-16)27-23(29)18-11-26-28(22(17)18)20-7-8-31-12-14(20)2/h5-6,9-11,14,20H,7-8,12H2,1-4H3,(H,27,29)/t14-,20+/m1/s1. The van der Waals surface area contributed by atoms with Crippen molar-refractivity contribution in [3.63, 3.8) is 0 Å². The lowest BCUT2D eigenvalue weighted by Gasteiger charge is -2.29. The fourth-order valence-electron chi connectivity index (χ4n) is 4.85. The highest BCUT2D eigenvalue weighted by atomic mass is 16.5. The number of fused-ring (bicyclic) bond motifs is 3. The van der Waals surface area contributed by atoms with Crippen LogP contribution < -0.4 is 10.3 Å². The highest BCUT2D eigenvalue weighted by Crippen LogP contribution is 2.35. The van der Waals surface area contributed by atoms with E-state index in [1.807, 2.05) is 30.8 Å². The molecule has 0 aliphatic carbocycles. The van der Waals surface area contributed by atoms with E-state index in [2.05, 4.69) is 34.1 Å². The summed E-state index contributed by atoms with van der Waals surface area (Å²) in [7, 11) is 1.63. The summed E-state index contributed by atoms with van der Waals surface area (Å²) in [5.41, 5.74) is 5.70. The molecule has 5 rings (SSSR count). The molecule has 1 aromatic carbocycles. The van der Waals surface area contributed by atoms with E-state index in [4.69, 9.17) is 9.47 Å². The van der Waals surface area contributed by atoms with Gasteiger partial charge >= 0.3 is 0 Å². The number of aromatic amines is 1. The van der Waals surface area contributed by atoms with Gasteiger partial charge in [0.15, 0.2) is 0 Å². The lowest BCUT2D eigenvalue weighted by Crippen LogP contribution is -2.28. The Hall–Kier alpha value is -3.19. The van der Waals surface area contributed by atoms with Gasteiger partial charge in [-0.3, -0.25) is 9.48 Å². The average Bonchev–Trinajstić information content (AvgIpc) is 3.20. The Labute approximate surface area is 180 Å². The number of H-pyrrole nitrogens is 1. The molecule has 7 heteroatoms. The first kappa shape index (κ1) is 19.8. The molecule has 0 spiro atoms. The molecule has 0 bridgehead atoms. The van der Waals surface area contributed by atoms with Gasteiger partial charge < -0.3 is 14.5 Å². The highest BCUT2D eigenvalue weighted by Gasteiger charge is 2.27. The van der Waals surface area contributed by atoms with Crippen LogP contribution in [0.25, 0.3) is 32.9 Å². The third-order valence-corrected chi connectivity index (χ3v) is 6.42. The van der Waals surface area contributed by atoms with Gasteiger partial charge in [0.1, 0.15) is 0 Å². The van der Waals surface area contributed by atoms with Crippen LogP contribution in [-0.2, 0) is 4.74 Å². The molecule has 0 saturated carbocycles. The largest absolute Gasteiger partial charge is 0.481 e. The van der Waals surface area contributed by atoms with Gasteiger partial charge in [0.2, 0.25) is 5.88 Å². The number of rotatable bonds is 3. The summed E-state index contributed by atoms with van der Waals surface area (Å²) >= 11 is 0. The highest BCUT2D eigenvalue weighted by molar-refractivity contribution is 6.04. The van der Waals surface area contributed by atoms with Crippen molar-refractivity contribution in [1.29, 1.82) is 0 Å². The van der Waals surface area contributed by atoms with Gasteiger partial charge in [0.25, 0.3) is 5.56 Å². The van der Waals surface area contributed by atoms with Crippen molar-refractivity contribution in [3.8, 4) is 17.0 Å². The van der Waals surface area contributed by atoms with Gasteiger partial charge in [-0.05, 0) is 43.0 Å². The molecule has 3 aromatic heterocycles. The van der Waals surface area contributed by atoms with Crippen molar-refractivity contribution in [2.75, 3.05) is 20.3 Å². The molecule has 4 aromatic rings. The summed E-state index contributed by atoms with van der Waals surface area (Å²) in [4.78, 5) is 20.3. The number of pyridine rings is 2. The molecule has 0 unspecified atom stereocenters. The van der Waals surface area contributed by atoms with Crippen LogP contribution in [0.4, 0.5) is 0 Å². The third kappa shape index (κ3) is 3.11. The van der Waals surface area contributed by atoms with E-state index in [1.54, 1.807) is 13.3 Å². The topological polar surface area (TPSA) is 82.0 Å². The van der Waals surface area contributed by atoms with Crippen molar-refractivity contribution in [3.05, 3.63) is 52.1 Å². The Morgan fingerprint density at radius 2 is 2.06 bits per heavy atom. The molecule has 4 heterocycles. The quantitative estimate of drug-likeness (QED) is 0.540.